The molecule has 0 aliphatic heterocycles. The van der Waals surface area contributed by atoms with Crippen LogP contribution in [0.15, 0.2) is 72.8 Å². The number of ether oxygens (including phenoxy) is 2. The van der Waals surface area contributed by atoms with Crippen LogP contribution in [0.5, 0.6) is 17.2 Å². The number of rotatable bonds is 10. The zero-order valence-corrected chi connectivity index (χ0v) is 19.8. The number of nitriles is 1. The van der Waals surface area contributed by atoms with Gasteiger partial charge in [-0.15, -0.1) is 0 Å². The van der Waals surface area contributed by atoms with Crippen LogP contribution in [0, 0.1) is 11.3 Å². The highest BCUT2D eigenvalue weighted by molar-refractivity contribution is 6.08. The lowest BCUT2D eigenvalue weighted by Crippen LogP contribution is -2.37. The Kier molecular flexibility index (Phi) is 8.53. The molecule has 3 rings (SSSR count). The number of anilines is 1. The zero-order valence-electron chi connectivity index (χ0n) is 19.8. The Hall–Kier alpha value is -3.98. The molecule has 0 aliphatic rings. The van der Waals surface area contributed by atoms with Crippen molar-refractivity contribution in [1.29, 1.82) is 5.26 Å². The van der Waals surface area contributed by atoms with Crippen LogP contribution in [-0.2, 0) is 0 Å². The van der Waals surface area contributed by atoms with Gasteiger partial charge in [-0.1, -0.05) is 30.3 Å². The van der Waals surface area contributed by atoms with Crippen molar-refractivity contribution in [2.45, 2.75) is 45.8 Å². The second-order valence-electron chi connectivity index (χ2n) is 8.31. The van der Waals surface area contributed by atoms with Gasteiger partial charge in [0.05, 0.1) is 23.8 Å². The van der Waals surface area contributed by atoms with E-state index in [1.807, 2.05) is 57.2 Å². The van der Waals surface area contributed by atoms with Gasteiger partial charge in [0.1, 0.15) is 23.3 Å². The van der Waals surface area contributed by atoms with Crippen molar-refractivity contribution in [3.8, 4) is 23.3 Å². The maximum Gasteiger partial charge on any atom is 0.262 e. The SMILES string of the molecule is CC(CCCOc1ccc(O)c(C(=O)N(c2ccccc2)C(C)C)c1)Oc1ccccc1C#N. The number of benzene rings is 3. The third-order valence-electron chi connectivity index (χ3n) is 5.33. The van der Waals surface area contributed by atoms with Crippen LogP contribution in [-0.4, -0.2) is 29.8 Å². The standard InChI is InChI=1S/C28H30N2O4/c1-20(2)30(23-12-5-4-6-13-23)28(32)25-18-24(15-16-26(25)31)33-17-9-10-21(3)34-27-14-8-7-11-22(27)19-29/h4-8,11-16,18,20-21,31H,9-10,17H2,1-3H3. The fraction of sp³-hybridized carbons (Fsp3) is 0.286. The maximum absolute atomic E-state index is 13.3. The summed E-state index contributed by atoms with van der Waals surface area (Å²) in [6.07, 6.45) is 1.38. The van der Waals surface area contributed by atoms with Crippen LogP contribution in [0.1, 0.15) is 49.5 Å². The molecule has 34 heavy (non-hydrogen) atoms. The lowest BCUT2D eigenvalue weighted by atomic mass is 10.1. The third kappa shape index (κ3) is 6.29. The molecule has 0 fully saturated rings. The zero-order chi connectivity index (χ0) is 24.5. The number of carbonyl (C=O) groups is 1. The quantitative estimate of drug-likeness (QED) is 0.380. The smallest absolute Gasteiger partial charge is 0.262 e. The summed E-state index contributed by atoms with van der Waals surface area (Å²) in [5.41, 5.74) is 1.47. The summed E-state index contributed by atoms with van der Waals surface area (Å²) in [6.45, 7) is 6.25. The van der Waals surface area contributed by atoms with Crippen molar-refractivity contribution in [2.24, 2.45) is 0 Å². The van der Waals surface area contributed by atoms with E-state index in [0.29, 0.717) is 23.7 Å². The van der Waals surface area contributed by atoms with Crippen molar-refractivity contribution < 1.29 is 19.4 Å². The molecular weight excluding hydrogens is 428 g/mol. The number of aromatic hydroxyl groups is 1. The largest absolute Gasteiger partial charge is 0.507 e. The molecule has 0 radical (unpaired) electrons. The van der Waals surface area contributed by atoms with Gasteiger partial charge in [0.25, 0.3) is 5.91 Å². The van der Waals surface area contributed by atoms with E-state index < -0.39 is 0 Å². The molecule has 3 aromatic rings. The van der Waals surface area contributed by atoms with Gasteiger partial charge in [-0.25, -0.2) is 0 Å². The summed E-state index contributed by atoms with van der Waals surface area (Å²) in [4.78, 5) is 14.9. The third-order valence-corrected chi connectivity index (χ3v) is 5.33. The predicted molar refractivity (Wildman–Crippen MR) is 132 cm³/mol. The molecule has 1 N–H and O–H groups in total. The Morgan fingerprint density at radius 2 is 1.74 bits per heavy atom. The molecular formula is C28H30N2O4. The number of carbonyl (C=O) groups excluding carboxylic acids is 1. The average Bonchev–Trinajstić information content (AvgIpc) is 2.83. The topological polar surface area (TPSA) is 82.8 Å². The average molecular weight is 459 g/mol. The monoisotopic (exact) mass is 458 g/mol. The molecule has 176 valence electrons. The molecule has 0 heterocycles. The fourth-order valence-electron chi connectivity index (χ4n) is 3.64. The van der Waals surface area contributed by atoms with Crippen molar-refractivity contribution in [2.75, 3.05) is 11.5 Å². The minimum absolute atomic E-state index is 0.0828. The molecule has 0 aliphatic carbocycles. The number of phenols is 1. The summed E-state index contributed by atoms with van der Waals surface area (Å²) >= 11 is 0. The summed E-state index contributed by atoms with van der Waals surface area (Å²) < 4.78 is 11.7. The Labute approximate surface area is 201 Å². The van der Waals surface area contributed by atoms with Gasteiger partial charge in [-0.2, -0.15) is 5.26 Å². The molecule has 0 saturated carbocycles. The van der Waals surface area contributed by atoms with E-state index in [4.69, 9.17) is 9.47 Å². The van der Waals surface area contributed by atoms with E-state index in [1.165, 1.54) is 6.07 Å². The molecule has 0 spiro atoms. The predicted octanol–water partition coefficient (Wildman–Crippen LogP) is 5.95. The molecule has 1 atom stereocenters. The Morgan fingerprint density at radius 1 is 1.03 bits per heavy atom. The lowest BCUT2D eigenvalue weighted by molar-refractivity contribution is 0.0977. The molecule has 1 amide bonds. The summed E-state index contributed by atoms with van der Waals surface area (Å²) in [6, 6.07) is 23.3. The van der Waals surface area contributed by atoms with Gasteiger partial charge >= 0.3 is 0 Å². The molecule has 6 nitrogen and oxygen atoms in total. The normalized spacial score (nSPS) is 11.5. The van der Waals surface area contributed by atoms with Gasteiger partial charge < -0.3 is 19.5 Å². The highest BCUT2D eigenvalue weighted by atomic mass is 16.5. The molecule has 0 bridgehead atoms. The second-order valence-corrected chi connectivity index (χ2v) is 8.31. The first-order chi connectivity index (χ1) is 16.4. The highest BCUT2D eigenvalue weighted by Crippen LogP contribution is 2.28. The van der Waals surface area contributed by atoms with Crippen molar-refractivity contribution >= 4 is 11.6 Å². The van der Waals surface area contributed by atoms with Gasteiger partial charge in [-0.3, -0.25) is 4.79 Å². The Balaban J connectivity index is 1.59. The Morgan fingerprint density at radius 3 is 2.44 bits per heavy atom. The minimum Gasteiger partial charge on any atom is -0.507 e. The summed E-state index contributed by atoms with van der Waals surface area (Å²) in [5.74, 6) is 0.717. The molecule has 3 aromatic carbocycles. The molecule has 0 aromatic heterocycles. The van der Waals surface area contributed by atoms with Crippen LogP contribution >= 0.6 is 0 Å². The number of para-hydroxylation sites is 2. The number of hydrogen-bond donors (Lipinski definition) is 1. The van der Waals surface area contributed by atoms with Crippen LogP contribution in [0.2, 0.25) is 0 Å². The first-order valence-electron chi connectivity index (χ1n) is 11.4. The highest BCUT2D eigenvalue weighted by Gasteiger charge is 2.23. The van der Waals surface area contributed by atoms with E-state index in [0.717, 1.165) is 18.5 Å². The number of hydrogen-bond acceptors (Lipinski definition) is 5. The van der Waals surface area contributed by atoms with Crippen molar-refractivity contribution in [3.63, 3.8) is 0 Å². The van der Waals surface area contributed by atoms with Crippen LogP contribution in [0.4, 0.5) is 5.69 Å². The fourth-order valence-corrected chi connectivity index (χ4v) is 3.64. The van der Waals surface area contributed by atoms with Gasteiger partial charge in [-0.05, 0) is 76.1 Å². The van der Waals surface area contributed by atoms with E-state index in [9.17, 15) is 15.2 Å². The molecule has 6 heteroatoms. The number of amides is 1. The van der Waals surface area contributed by atoms with Gasteiger partial charge in [0.2, 0.25) is 0 Å². The van der Waals surface area contributed by atoms with Crippen LogP contribution in [0.3, 0.4) is 0 Å². The van der Waals surface area contributed by atoms with Gasteiger partial charge in [0, 0.05) is 11.7 Å². The van der Waals surface area contributed by atoms with E-state index in [2.05, 4.69) is 6.07 Å². The Bertz CT molecular complexity index is 1140. The number of nitrogens with zero attached hydrogens (tertiary/aromatic N) is 2. The van der Waals surface area contributed by atoms with Crippen molar-refractivity contribution in [1.82, 2.24) is 0 Å². The first-order valence-corrected chi connectivity index (χ1v) is 11.4. The van der Waals surface area contributed by atoms with E-state index in [1.54, 1.807) is 35.2 Å². The summed E-state index contributed by atoms with van der Waals surface area (Å²) in [5, 5.41) is 19.6. The summed E-state index contributed by atoms with van der Waals surface area (Å²) in [7, 11) is 0. The van der Waals surface area contributed by atoms with Gasteiger partial charge in [0.15, 0.2) is 0 Å². The number of phenolic OH excluding ortho intramolecular Hbond substituents is 1. The molecule has 0 saturated heterocycles. The lowest BCUT2D eigenvalue weighted by Gasteiger charge is -2.27. The van der Waals surface area contributed by atoms with Crippen molar-refractivity contribution in [3.05, 3.63) is 83.9 Å². The van der Waals surface area contributed by atoms with E-state index >= 15 is 0 Å². The second kappa shape index (κ2) is 11.8. The van der Waals surface area contributed by atoms with Crippen LogP contribution in [0.25, 0.3) is 0 Å². The minimum atomic E-state index is -0.290. The first kappa shape index (κ1) is 24.7. The van der Waals surface area contributed by atoms with E-state index in [-0.39, 0.29) is 29.4 Å². The maximum atomic E-state index is 13.3. The van der Waals surface area contributed by atoms with Crippen LogP contribution < -0.4 is 14.4 Å². The molecule has 1 unspecified atom stereocenters.